The molecule has 19 heavy (non-hydrogen) atoms. The highest BCUT2D eigenvalue weighted by atomic mass is 16.5. The SMILES string of the molecule is CC(C)(C#N)CCCOc1cccc2c1CCC2=O. The molecule has 0 radical (unpaired) electrons. The van der Waals surface area contributed by atoms with E-state index in [1.165, 1.54) is 0 Å². The fraction of sp³-hybridized carbons (Fsp3) is 0.500. The van der Waals surface area contributed by atoms with Gasteiger partial charge in [-0.2, -0.15) is 5.26 Å². The zero-order chi connectivity index (χ0) is 13.9. The second-order valence-corrected chi connectivity index (χ2v) is 5.65. The highest BCUT2D eigenvalue weighted by Crippen LogP contribution is 2.30. The van der Waals surface area contributed by atoms with Crippen molar-refractivity contribution in [1.29, 1.82) is 5.26 Å². The van der Waals surface area contributed by atoms with Crippen LogP contribution in [0.3, 0.4) is 0 Å². The maximum atomic E-state index is 11.6. The number of ether oxygens (including phenoxy) is 1. The standard InChI is InChI=1S/C16H19NO2/c1-16(2,11-17)9-4-10-19-15-6-3-5-12-13(15)7-8-14(12)18/h3,5-6H,4,7-10H2,1-2H3. The molecule has 3 nitrogen and oxygen atoms in total. The lowest BCUT2D eigenvalue weighted by Crippen LogP contribution is -2.10. The molecule has 0 saturated carbocycles. The minimum atomic E-state index is -0.294. The average molecular weight is 257 g/mol. The number of rotatable bonds is 5. The highest BCUT2D eigenvalue weighted by molar-refractivity contribution is 6.01. The van der Waals surface area contributed by atoms with Gasteiger partial charge in [-0.05, 0) is 39.2 Å². The van der Waals surface area contributed by atoms with E-state index < -0.39 is 0 Å². The third-order valence-corrected chi connectivity index (χ3v) is 3.54. The van der Waals surface area contributed by atoms with Crippen molar-refractivity contribution >= 4 is 5.78 Å². The van der Waals surface area contributed by atoms with E-state index >= 15 is 0 Å². The van der Waals surface area contributed by atoms with Gasteiger partial charge in [-0.15, -0.1) is 0 Å². The first-order valence-electron chi connectivity index (χ1n) is 6.73. The highest BCUT2D eigenvalue weighted by Gasteiger charge is 2.22. The minimum absolute atomic E-state index is 0.214. The van der Waals surface area contributed by atoms with Crippen LogP contribution in [0.5, 0.6) is 5.75 Å². The second-order valence-electron chi connectivity index (χ2n) is 5.65. The Bertz CT molecular complexity index is 526. The number of hydrogen-bond donors (Lipinski definition) is 0. The van der Waals surface area contributed by atoms with E-state index in [1.807, 2.05) is 32.0 Å². The Balaban J connectivity index is 1.92. The topological polar surface area (TPSA) is 50.1 Å². The molecule has 2 rings (SSSR count). The van der Waals surface area contributed by atoms with E-state index in [0.717, 1.165) is 36.1 Å². The molecule has 100 valence electrons. The molecule has 1 aliphatic rings. The van der Waals surface area contributed by atoms with Gasteiger partial charge in [0.05, 0.1) is 18.1 Å². The first-order valence-corrected chi connectivity index (χ1v) is 6.73. The maximum absolute atomic E-state index is 11.6. The zero-order valence-corrected chi connectivity index (χ0v) is 11.5. The molecule has 3 heteroatoms. The van der Waals surface area contributed by atoms with Crippen LogP contribution in [0.25, 0.3) is 0 Å². The molecule has 0 spiro atoms. The molecule has 0 heterocycles. The number of nitriles is 1. The van der Waals surface area contributed by atoms with Gasteiger partial charge in [-0.25, -0.2) is 0 Å². The molecule has 1 aromatic rings. The fourth-order valence-electron chi connectivity index (χ4n) is 2.35. The summed E-state index contributed by atoms with van der Waals surface area (Å²) in [6, 6.07) is 7.95. The summed E-state index contributed by atoms with van der Waals surface area (Å²) < 4.78 is 5.78. The van der Waals surface area contributed by atoms with Crippen LogP contribution in [0.1, 0.15) is 49.0 Å². The van der Waals surface area contributed by atoms with E-state index in [9.17, 15) is 4.79 Å². The molecule has 0 unspecified atom stereocenters. The van der Waals surface area contributed by atoms with E-state index in [1.54, 1.807) is 0 Å². The van der Waals surface area contributed by atoms with Gasteiger partial charge in [0.1, 0.15) is 5.75 Å². The van der Waals surface area contributed by atoms with Gasteiger partial charge in [0.2, 0.25) is 0 Å². The number of ketones is 1. The van der Waals surface area contributed by atoms with Crippen LogP contribution in [0.2, 0.25) is 0 Å². The Morgan fingerprint density at radius 1 is 1.37 bits per heavy atom. The van der Waals surface area contributed by atoms with Gasteiger partial charge in [0.15, 0.2) is 5.78 Å². The quantitative estimate of drug-likeness (QED) is 0.758. The normalized spacial score (nSPS) is 14.1. The van der Waals surface area contributed by atoms with Crippen LogP contribution in [-0.4, -0.2) is 12.4 Å². The van der Waals surface area contributed by atoms with Gasteiger partial charge >= 0.3 is 0 Å². The molecule has 0 N–H and O–H groups in total. The van der Waals surface area contributed by atoms with Crippen molar-refractivity contribution < 1.29 is 9.53 Å². The lowest BCUT2D eigenvalue weighted by Gasteiger charge is -2.15. The van der Waals surface area contributed by atoms with E-state index in [2.05, 4.69) is 6.07 Å². The zero-order valence-electron chi connectivity index (χ0n) is 11.5. The van der Waals surface area contributed by atoms with Gasteiger partial charge in [0.25, 0.3) is 0 Å². The molecule has 0 bridgehead atoms. The lowest BCUT2D eigenvalue weighted by atomic mass is 9.90. The number of benzene rings is 1. The number of carbonyl (C=O) groups excluding carboxylic acids is 1. The van der Waals surface area contributed by atoms with Crippen molar-refractivity contribution in [2.45, 2.75) is 39.5 Å². The van der Waals surface area contributed by atoms with Crippen molar-refractivity contribution in [1.82, 2.24) is 0 Å². The van der Waals surface area contributed by atoms with Crippen LogP contribution >= 0.6 is 0 Å². The smallest absolute Gasteiger partial charge is 0.163 e. The predicted octanol–water partition coefficient (Wildman–Crippen LogP) is 3.52. The monoisotopic (exact) mass is 257 g/mol. The van der Waals surface area contributed by atoms with E-state index in [0.29, 0.717) is 13.0 Å². The Labute approximate surface area is 114 Å². The molecule has 0 atom stereocenters. The fourth-order valence-corrected chi connectivity index (χ4v) is 2.35. The van der Waals surface area contributed by atoms with Crippen LogP contribution < -0.4 is 4.74 Å². The Hall–Kier alpha value is -1.82. The molecule has 0 fully saturated rings. The summed E-state index contributed by atoms with van der Waals surface area (Å²) in [5.74, 6) is 1.05. The molecule has 0 amide bonds. The third-order valence-electron chi connectivity index (χ3n) is 3.54. The number of fused-ring (bicyclic) bond motifs is 1. The van der Waals surface area contributed by atoms with Gasteiger partial charge in [0, 0.05) is 17.5 Å². The lowest BCUT2D eigenvalue weighted by molar-refractivity contribution is 0.0994. The van der Waals surface area contributed by atoms with Crippen molar-refractivity contribution in [3.63, 3.8) is 0 Å². The summed E-state index contributed by atoms with van der Waals surface area (Å²) in [5, 5.41) is 8.94. The van der Waals surface area contributed by atoms with Crippen LogP contribution in [-0.2, 0) is 6.42 Å². The average Bonchev–Trinajstić information content (AvgIpc) is 2.78. The van der Waals surface area contributed by atoms with Crippen molar-refractivity contribution in [3.05, 3.63) is 29.3 Å². The third kappa shape index (κ3) is 3.14. The van der Waals surface area contributed by atoms with Gasteiger partial charge in [-0.3, -0.25) is 4.79 Å². The van der Waals surface area contributed by atoms with Crippen molar-refractivity contribution in [2.75, 3.05) is 6.61 Å². The maximum Gasteiger partial charge on any atom is 0.163 e. The van der Waals surface area contributed by atoms with Crippen LogP contribution in [0, 0.1) is 16.7 Å². The summed E-state index contributed by atoms with van der Waals surface area (Å²) in [4.78, 5) is 11.6. The molecular weight excluding hydrogens is 238 g/mol. The predicted molar refractivity (Wildman–Crippen MR) is 73.2 cm³/mol. The minimum Gasteiger partial charge on any atom is -0.493 e. The van der Waals surface area contributed by atoms with Gasteiger partial charge in [-0.1, -0.05) is 12.1 Å². The molecule has 0 saturated heterocycles. The molecule has 1 aromatic carbocycles. The van der Waals surface area contributed by atoms with Gasteiger partial charge < -0.3 is 4.74 Å². The number of nitrogens with zero attached hydrogens (tertiary/aromatic N) is 1. The number of carbonyl (C=O) groups is 1. The molecular formula is C16H19NO2. The largest absolute Gasteiger partial charge is 0.493 e. The van der Waals surface area contributed by atoms with E-state index in [4.69, 9.17) is 10.00 Å². The van der Waals surface area contributed by atoms with Crippen molar-refractivity contribution in [2.24, 2.45) is 5.41 Å². The van der Waals surface area contributed by atoms with E-state index in [-0.39, 0.29) is 11.2 Å². The number of hydrogen-bond acceptors (Lipinski definition) is 3. The first kappa shape index (κ1) is 13.6. The van der Waals surface area contributed by atoms with Crippen LogP contribution in [0.15, 0.2) is 18.2 Å². The molecule has 0 aliphatic heterocycles. The number of Topliss-reactive ketones (excluding diaryl/α,β-unsaturated/α-hetero) is 1. The summed E-state index contributed by atoms with van der Waals surface area (Å²) in [5.41, 5.74) is 1.57. The Morgan fingerprint density at radius 3 is 2.89 bits per heavy atom. The summed E-state index contributed by atoms with van der Waals surface area (Å²) in [6.45, 7) is 4.47. The van der Waals surface area contributed by atoms with Crippen LogP contribution in [0.4, 0.5) is 0 Å². The Kier molecular flexibility index (Phi) is 3.90. The first-order chi connectivity index (χ1) is 9.03. The van der Waals surface area contributed by atoms with Crippen molar-refractivity contribution in [3.8, 4) is 11.8 Å². The second kappa shape index (κ2) is 5.44. The summed E-state index contributed by atoms with van der Waals surface area (Å²) in [6.07, 6.45) is 3.04. The molecule has 1 aliphatic carbocycles. The molecule has 0 aromatic heterocycles. The Morgan fingerprint density at radius 2 is 2.16 bits per heavy atom. The summed E-state index contributed by atoms with van der Waals surface area (Å²) >= 11 is 0. The summed E-state index contributed by atoms with van der Waals surface area (Å²) in [7, 11) is 0.